The van der Waals surface area contributed by atoms with Crippen LogP contribution in [0, 0.1) is 91.0 Å². The Morgan fingerprint density at radius 2 is 0.408 bits per heavy atom. The molecule has 0 unspecified atom stereocenters. The summed E-state index contributed by atoms with van der Waals surface area (Å²) in [6.07, 6.45) is 0. The minimum atomic E-state index is -1.46. The SMILES string of the molecule is O=[N+]([O-])c1cc([N+](=O)[O-])c([O-])c([N+](=O)[O-])c1.O=[N+]([O-])c1cc([N+](=O)[O-])c([O-])c([N+](=O)[O-])c1.O=[N+]([O-])c1cc([N+](=O)[O-])c([O-])c([N+](=O)[O-])c1.[Y+3]. The fraction of sp³-hybridized carbons (Fsp3) is 0. The second-order valence-electron chi connectivity index (χ2n) is 7.75. The van der Waals surface area contributed by atoms with Gasteiger partial charge in [-0.3, -0.25) is 91.0 Å². The van der Waals surface area contributed by atoms with Gasteiger partial charge in [0.25, 0.3) is 51.2 Å². The second kappa shape index (κ2) is 16.9. The number of nitrogens with zero attached hydrogens (tertiary/aromatic N) is 9. The van der Waals surface area contributed by atoms with Crippen molar-refractivity contribution in [2.24, 2.45) is 0 Å². The number of nitro groups is 9. The molecule has 0 N–H and O–H groups in total. The van der Waals surface area contributed by atoms with E-state index in [1.165, 1.54) is 0 Å². The molecule has 252 valence electrons. The fourth-order valence-electron chi connectivity index (χ4n) is 2.88. The van der Waals surface area contributed by atoms with Crippen molar-refractivity contribution in [3.8, 4) is 17.2 Å². The topological polar surface area (TPSA) is 457 Å². The molecule has 0 aliphatic carbocycles. The summed E-state index contributed by atoms with van der Waals surface area (Å²) in [5.41, 5.74) is -9.79. The summed E-state index contributed by atoms with van der Waals surface area (Å²) in [5, 5.41) is 126. The maximum Gasteiger partial charge on any atom is 3.00 e. The maximum atomic E-state index is 11.1. The Labute approximate surface area is 287 Å². The average Bonchev–Trinajstić information content (AvgIpc) is 2.96. The van der Waals surface area contributed by atoms with Crippen molar-refractivity contribution in [2.75, 3.05) is 0 Å². The van der Waals surface area contributed by atoms with Crippen molar-refractivity contribution < 1.29 is 92.3 Å². The van der Waals surface area contributed by atoms with Crippen LogP contribution in [0.3, 0.4) is 0 Å². The van der Waals surface area contributed by atoms with E-state index in [0.717, 1.165) is 0 Å². The Morgan fingerprint density at radius 1 is 0.286 bits per heavy atom. The molecule has 0 atom stereocenters. The molecule has 0 aromatic heterocycles. The first-order valence-corrected chi connectivity index (χ1v) is 10.9. The van der Waals surface area contributed by atoms with Gasteiger partial charge in [-0.2, -0.15) is 0 Å². The van der Waals surface area contributed by atoms with Crippen molar-refractivity contribution >= 4 is 51.2 Å². The Bertz CT molecular complexity index is 1610. The standard InChI is InChI=1S/3C6H3N3O7.Y/c3*10-6-4(8(13)14)1-3(7(11)12)2-5(6)9(15)16;/h3*1-2,10H;/q;;;+3/p-3. The van der Waals surface area contributed by atoms with Gasteiger partial charge in [0.05, 0.1) is 98.0 Å². The molecule has 0 saturated carbocycles. The van der Waals surface area contributed by atoms with Gasteiger partial charge in [0, 0.05) is 0 Å². The van der Waals surface area contributed by atoms with Gasteiger partial charge >= 0.3 is 32.7 Å². The summed E-state index contributed by atoms with van der Waals surface area (Å²) in [6.45, 7) is 0. The molecule has 0 aliphatic heterocycles. The zero-order valence-electron chi connectivity index (χ0n) is 22.6. The van der Waals surface area contributed by atoms with Crippen LogP contribution in [0.5, 0.6) is 17.2 Å². The van der Waals surface area contributed by atoms with Crippen LogP contribution in [-0.4, -0.2) is 44.3 Å². The van der Waals surface area contributed by atoms with Crippen molar-refractivity contribution in [3.63, 3.8) is 0 Å². The smallest absolute Gasteiger partial charge is 0.863 e. The van der Waals surface area contributed by atoms with Crippen molar-refractivity contribution in [3.05, 3.63) is 127 Å². The van der Waals surface area contributed by atoms with Gasteiger partial charge < -0.3 is 15.3 Å². The van der Waals surface area contributed by atoms with E-state index < -0.39 is 113 Å². The molecule has 3 aromatic rings. The van der Waals surface area contributed by atoms with Crippen LogP contribution in [0.2, 0.25) is 0 Å². The maximum absolute atomic E-state index is 11.1. The second-order valence-corrected chi connectivity index (χ2v) is 7.75. The first-order chi connectivity index (χ1) is 22.0. The molecular weight excluding hydrogens is 767 g/mol. The van der Waals surface area contributed by atoms with Crippen LogP contribution >= 0.6 is 0 Å². The van der Waals surface area contributed by atoms with Gasteiger partial charge in [0.2, 0.25) is 0 Å². The van der Waals surface area contributed by atoms with Crippen molar-refractivity contribution in [1.29, 1.82) is 0 Å². The van der Waals surface area contributed by atoms with E-state index in [-0.39, 0.29) is 32.7 Å². The van der Waals surface area contributed by atoms with E-state index in [2.05, 4.69) is 0 Å². The van der Waals surface area contributed by atoms with Gasteiger partial charge in [-0.05, 0) is 0 Å². The normalized spacial score (nSPS) is 9.55. The quantitative estimate of drug-likeness (QED) is 0.219. The Kier molecular flexibility index (Phi) is 14.4. The third-order valence-corrected chi connectivity index (χ3v) is 4.92. The number of hydrogen-bond acceptors (Lipinski definition) is 21. The third-order valence-electron chi connectivity index (χ3n) is 4.92. The molecule has 0 fully saturated rings. The molecule has 31 heteroatoms. The molecular formula is C18H6N9O21Y. The summed E-state index contributed by atoms with van der Waals surface area (Å²) < 4.78 is 0. The number of rotatable bonds is 9. The molecule has 3 aromatic carbocycles. The van der Waals surface area contributed by atoms with Crippen LogP contribution in [0.4, 0.5) is 51.2 Å². The molecule has 0 radical (unpaired) electrons. The molecule has 0 spiro atoms. The number of non-ortho nitro benzene ring substituents is 3. The Morgan fingerprint density at radius 3 is 0.490 bits per heavy atom. The summed E-state index contributed by atoms with van der Waals surface area (Å²) >= 11 is 0. The van der Waals surface area contributed by atoms with Crippen molar-refractivity contribution in [1.82, 2.24) is 0 Å². The molecule has 0 bridgehead atoms. The van der Waals surface area contributed by atoms with Gasteiger partial charge in [-0.1, -0.05) is 0 Å². The van der Waals surface area contributed by atoms with Gasteiger partial charge in [-0.25, -0.2) is 0 Å². The molecule has 49 heavy (non-hydrogen) atoms. The van der Waals surface area contributed by atoms with Gasteiger partial charge in [-0.15, -0.1) is 0 Å². The third kappa shape index (κ3) is 10.4. The largest absolute Gasteiger partial charge is 3.00 e. The monoisotopic (exact) mass is 773 g/mol. The Balaban J connectivity index is 0.000000698. The minimum Gasteiger partial charge on any atom is -0.863 e. The molecule has 30 nitrogen and oxygen atoms in total. The molecule has 3 rings (SSSR count). The Hall–Kier alpha value is -7.24. The van der Waals surface area contributed by atoms with Crippen LogP contribution in [-0.2, 0) is 32.7 Å². The zero-order valence-corrected chi connectivity index (χ0v) is 25.5. The minimum absolute atomic E-state index is 0. The number of nitro benzene ring substituents is 9. The van der Waals surface area contributed by atoms with E-state index in [1.807, 2.05) is 0 Å². The molecule has 0 saturated heterocycles. The summed E-state index contributed by atoms with van der Waals surface area (Å²) in [5.74, 6) is -4.37. The van der Waals surface area contributed by atoms with Gasteiger partial charge in [0.15, 0.2) is 0 Å². The van der Waals surface area contributed by atoms with Crippen LogP contribution in [0.1, 0.15) is 0 Å². The predicted octanol–water partition coefficient (Wildman–Crippen LogP) is 1.45. The molecule has 0 aliphatic rings. The van der Waals surface area contributed by atoms with Crippen molar-refractivity contribution in [2.45, 2.75) is 0 Å². The van der Waals surface area contributed by atoms with Crippen LogP contribution < -0.4 is 15.3 Å². The zero-order chi connectivity index (χ0) is 37.4. The van der Waals surface area contributed by atoms with E-state index in [4.69, 9.17) is 0 Å². The van der Waals surface area contributed by atoms with Crippen LogP contribution in [0.15, 0.2) is 36.4 Å². The van der Waals surface area contributed by atoms with Gasteiger partial charge in [0.1, 0.15) is 0 Å². The first kappa shape index (κ1) is 41.8. The van der Waals surface area contributed by atoms with E-state index >= 15 is 0 Å². The summed E-state index contributed by atoms with van der Waals surface area (Å²) in [7, 11) is 0. The number of hydrogen-bond donors (Lipinski definition) is 0. The van der Waals surface area contributed by atoms with E-state index in [9.17, 15) is 106 Å². The molecule has 0 heterocycles. The predicted molar refractivity (Wildman–Crippen MR) is 138 cm³/mol. The molecule has 0 amide bonds. The first-order valence-electron chi connectivity index (χ1n) is 10.9. The van der Waals surface area contributed by atoms with Crippen LogP contribution in [0.25, 0.3) is 0 Å². The summed E-state index contributed by atoms with van der Waals surface area (Å²) in [6, 6.07) is 2.31. The summed E-state index contributed by atoms with van der Waals surface area (Å²) in [4.78, 5) is 82.5. The average molecular weight is 773 g/mol. The fourth-order valence-corrected chi connectivity index (χ4v) is 2.88. The van der Waals surface area contributed by atoms with E-state index in [1.54, 1.807) is 0 Å². The number of benzene rings is 3. The van der Waals surface area contributed by atoms with E-state index in [0.29, 0.717) is 36.4 Å².